The molecular weight excluding hydrogens is 416 g/mol. The van der Waals surface area contributed by atoms with E-state index in [1.165, 1.54) is 28.2 Å². The van der Waals surface area contributed by atoms with E-state index in [2.05, 4.69) is 72.0 Å². The zero-order valence-corrected chi connectivity index (χ0v) is 19.7. The van der Waals surface area contributed by atoms with Crippen LogP contribution in [0, 0.1) is 20.8 Å². The van der Waals surface area contributed by atoms with Crippen molar-refractivity contribution in [2.45, 2.75) is 51.8 Å². The van der Waals surface area contributed by atoms with Gasteiger partial charge in [-0.05, 0) is 75.7 Å². The molecule has 3 aromatic rings. The van der Waals surface area contributed by atoms with Gasteiger partial charge in [0.15, 0.2) is 5.11 Å². The standard InChI is InChI=1S/C26H30N4OS/c1-17-18(2)30(20-10-5-4-6-11-20)19(3)23(17)25-24(22-13-7-8-14-27-22)28-26(32)29(25)16-21-12-9-15-31-21/h4-8,10-11,13-14,21,24-25H,9,12,15-16H2,1-3H3,(H,28,32)/t21-,24+,25+/m0/s1. The predicted octanol–water partition coefficient (Wildman–Crippen LogP) is 4.95. The first kappa shape index (κ1) is 21.2. The Kier molecular flexibility index (Phi) is 5.74. The molecule has 4 heterocycles. The predicted molar refractivity (Wildman–Crippen MR) is 131 cm³/mol. The Morgan fingerprint density at radius 1 is 1.06 bits per heavy atom. The van der Waals surface area contributed by atoms with Gasteiger partial charge in [0.25, 0.3) is 0 Å². The van der Waals surface area contributed by atoms with Gasteiger partial charge >= 0.3 is 0 Å². The first-order chi connectivity index (χ1) is 15.6. The summed E-state index contributed by atoms with van der Waals surface area (Å²) in [5.41, 5.74) is 7.34. The van der Waals surface area contributed by atoms with Crippen LogP contribution in [0.3, 0.4) is 0 Å². The Morgan fingerprint density at radius 2 is 1.84 bits per heavy atom. The SMILES string of the molecule is Cc1c([C@@H]2[C@@H](c3ccccn3)NC(=S)N2C[C@@H]2CCCO2)c(C)n(-c2ccccc2)c1C. The van der Waals surface area contributed by atoms with Crippen LogP contribution in [0.15, 0.2) is 54.7 Å². The van der Waals surface area contributed by atoms with Crippen LogP contribution in [0.2, 0.25) is 0 Å². The van der Waals surface area contributed by atoms with Crippen LogP contribution in [-0.2, 0) is 4.74 Å². The summed E-state index contributed by atoms with van der Waals surface area (Å²) in [5, 5.41) is 4.38. The lowest BCUT2D eigenvalue weighted by Crippen LogP contribution is -2.36. The molecule has 6 heteroatoms. The monoisotopic (exact) mass is 446 g/mol. The molecule has 0 radical (unpaired) electrons. The third kappa shape index (κ3) is 3.61. The lowest BCUT2D eigenvalue weighted by Gasteiger charge is -2.30. The summed E-state index contributed by atoms with van der Waals surface area (Å²) < 4.78 is 8.36. The van der Waals surface area contributed by atoms with E-state index in [1.54, 1.807) is 0 Å². The minimum absolute atomic E-state index is 0.00599. The molecule has 0 spiro atoms. The number of thiocarbonyl (C=S) groups is 1. The van der Waals surface area contributed by atoms with Crippen molar-refractivity contribution in [3.05, 3.63) is 82.9 Å². The average Bonchev–Trinajstić information content (AvgIpc) is 3.49. The van der Waals surface area contributed by atoms with Crippen LogP contribution >= 0.6 is 12.2 Å². The molecule has 2 fully saturated rings. The van der Waals surface area contributed by atoms with Gasteiger partial charge in [-0.1, -0.05) is 24.3 Å². The zero-order valence-electron chi connectivity index (χ0n) is 18.9. The summed E-state index contributed by atoms with van der Waals surface area (Å²) in [7, 11) is 0. The number of ether oxygens (including phenoxy) is 1. The zero-order chi connectivity index (χ0) is 22.2. The minimum atomic E-state index is -0.00599. The van der Waals surface area contributed by atoms with E-state index in [4.69, 9.17) is 21.9 Å². The van der Waals surface area contributed by atoms with Crippen LogP contribution in [0.5, 0.6) is 0 Å². The molecule has 0 saturated carbocycles. The fourth-order valence-electron chi connectivity index (χ4n) is 5.33. The van der Waals surface area contributed by atoms with E-state index >= 15 is 0 Å². The molecule has 2 aliphatic rings. The molecule has 1 N–H and O–H groups in total. The van der Waals surface area contributed by atoms with Gasteiger partial charge in [0.2, 0.25) is 0 Å². The number of rotatable bonds is 5. The molecule has 5 rings (SSSR count). The molecular formula is C26H30N4OS. The van der Waals surface area contributed by atoms with Crippen molar-refractivity contribution in [3.8, 4) is 5.69 Å². The first-order valence-electron chi connectivity index (χ1n) is 11.4. The van der Waals surface area contributed by atoms with Crippen LogP contribution in [0.25, 0.3) is 5.69 Å². The minimum Gasteiger partial charge on any atom is -0.376 e. The van der Waals surface area contributed by atoms with E-state index < -0.39 is 0 Å². The highest BCUT2D eigenvalue weighted by Gasteiger charge is 2.43. The highest BCUT2D eigenvalue weighted by molar-refractivity contribution is 7.80. The fourth-order valence-corrected chi connectivity index (χ4v) is 5.64. The molecule has 1 aromatic carbocycles. The van der Waals surface area contributed by atoms with Crippen molar-refractivity contribution in [1.29, 1.82) is 0 Å². The van der Waals surface area contributed by atoms with Gasteiger partial charge in [-0.2, -0.15) is 0 Å². The highest BCUT2D eigenvalue weighted by atomic mass is 32.1. The Labute approximate surface area is 195 Å². The van der Waals surface area contributed by atoms with Gasteiger partial charge in [-0.3, -0.25) is 4.98 Å². The molecule has 166 valence electrons. The van der Waals surface area contributed by atoms with Gasteiger partial charge in [-0.25, -0.2) is 0 Å². The summed E-state index contributed by atoms with van der Waals surface area (Å²) >= 11 is 5.87. The maximum Gasteiger partial charge on any atom is 0.170 e. The molecule has 0 bridgehead atoms. The van der Waals surface area contributed by atoms with Crippen LogP contribution in [0.1, 0.15) is 53.1 Å². The van der Waals surface area contributed by atoms with Gasteiger partial charge < -0.3 is 19.5 Å². The van der Waals surface area contributed by atoms with E-state index in [-0.39, 0.29) is 18.2 Å². The lowest BCUT2D eigenvalue weighted by atomic mass is 9.93. The van der Waals surface area contributed by atoms with Crippen molar-refractivity contribution in [2.75, 3.05) is 13.2 Å². The number of hydrogen-bond acceptors (Lipinski definition) is 3. The normalized spacial score (nSPS) is 23.0. The van der Waals surface area contributed by atoms with Crippen molar-refractivity contribution in [2.24, 2.45) is 0 Å². The Balaban J connectivity index is 1.63. The Bertz CT molecular complexity index is 1110. The molecule has 3 atom stereocenters. The maximum atomic E-state index is 6.00. The number of nitrogens with zero attached hydrogens (tertiary/aromatic N) is 3. The van der Waals surface area contributed by atoms with E-state index in [1.807, 2.05) is 18.3 Å². The number of benzene rings is 1. The quantitative estimate of drug-likeness (QED) is 0.562. The largest absolute Gasteiger partial charge is 0.376 e. The second-order valence-electron chi connectivity index (χ2n) is 8.79. The summed E-state index contributed by atoms with van der Waals surface area (Å²) in [6.07, 6.45) is 4.29. The Hall–Kier alpha value is -2.70. The maximum absolute atomic E-state index is 6.00. The van der Waals surface area contributed by atoms with Crippen LogP contribution in [-0.4, -0.2) is 38.8 Å². The molecule has 0 amide bonds. The number of pyridine rings is 1. The van der Waals surface area contributed by atoms with Crippen LogP contribution < -0.4 is 5.32 Å². The smallest absolute Gasteiger partial charge is 0.170 e. The number of aromatic nitrogens is 2. The van der Waals surface area contributed by atoms with Crippen molar-refractivity contribution in [1.82, 2.24) is 19.8 Å². The lowest BCUT2D eigenvalue weighted by molar-refractivity contribution is 0.0841. The van der Waals surface area contributed by atoms with Gasteiger partial charge in [0.05, 0.1) is 23.9 Å². The molecule has 0 aliphatic carbocycles. The Morgan fingerprint density at radius 3 is 2.53 bits per heavy atom. The number of hydrogen-bond donors (Lipinski definition) is 1. The average molecular weight is 447 g/mol. The van der Waals surface area contributed by atoms with Crippen molar-refractivity contribution in [3.63, 3.8) is 0 Å². The topological polar surface area (TPSA) is 42.3 Å². The van der Waals surface area contributed by atoms with E-state index in [0.717, 1.165) is 36.8 Å². The molecule has 0 unspecified atom stereocenters. The third-order valence-corrected chi connectivity index (χ3v) is 7.29. The van der Waals surface area contributed by atoms with Crippen LogP contribution in [0.4, 0.5) is 0 Å². The van der Waals surface area contributed by atoms with Gasteiger partial charge in [-0.15, -0.1) is 0 Å². The second kappa shape index (κ2) is 8.68. The summed E-state index contributed by atoms with van der Waals surface area (Å²) in [5.74, 6) is 0. The van der Waals surface area contributed by atoms with E-state index in [0.29, 0.717) is 0 Å². The third-order valence-electron chi connectivity index (χ3n) is 6.94. The molecule has 32 heavy (non-hydrogen) atoms. The summed E-state index contributed by atoms with van der Waals surface area (Å²) in [4.78, 5) is 7.04. The fraction of sp³-hybridized carbons (Fsp3) is 0.385. The number of para-hydroxylation sites is 1. The highest BCUT2D eigenvalue weighted by Crippen LogP contribution is 2.43. The van der Waals surface area contributed by atoms with Crippen molar-refractivity contribution < 1.29 is 4.74 Å². The van der Waals surface area contributed by atoms with Gasteiger partial charge in [0, 0.05) is 42.0 Å². The van der Waals surface area contributed by atoms with Crippen molar-refractivity contribution >= 4 is 17.3 Å². The molecule has 5 nitrogen and oxygen atoms in total. The first-order valence-corrected chi connectivity index (χ1v) is 11.8. The summed E-state index contributed by atoms with van der Waals surface area (Å²) in [6, 6.07) is 16.7. The second-order valence-corrected chi connectivity index (χ2v) is 9.18. The molecule has 2 aromatic heterocycles. The molecule has 2 saturated heterocycles. The number of nitrogens with one attached hydrogen (secondary N) is 1. The summed E-state index contributed by atoms with van der Waals surface area (Å²) in [6.45, 7) is 8.31. The van der Waals surface area contributed by atoms with E-state index in [9.17, 15) is 0 Å². The molecule has 2 aliphatic heterocycles. The van der Waals surface area contributed by atoms with Gasteiger partial charge in [0.1, 0.15) is 0 Å².